The molecule has 0 fully saturated rings. The lowest BCUT2D eigenvalue weighted by Crippen LogP contribution is -1.88. The van der Waals surface area contributed by atoms with Gasteiger partial charge in [-0.15, -0.1) is 13.0 Å². The SMILES string of the molecule is C#Cc1cccc(C(C)C=C)c1. The molecule has 0 aliphatic rings. The molecule has 1 atom stereocenters. The first-order valence-electron chi connectivity index (χ1n) is 3.97. The quantitative estimate of drug-likeness (QED) is 0.456. The van der Waals surface area contributed by atoms with Gasteiger partial charge in [0.2, 0.25) is 0 Å². The Morgan fingerprint density at radius 1 is 1.58 bits per heavy atom. The highest BCUT2D eigenvalue weighted by atomic mass is 14.0. The zero-order chi connectivity index (χ0) is 8.97. The summed E-state index contributed by atoms with van der Waals surface area (Å²) in [6, 6.07) is 7.99. The molecule has 1 unspecified atom stereocenters. The Balaban J connectivity index is 3.03. The molecule has 60 valence electrons. The van der Waals surface area contributed by atoms with Crippen LogP contribution in [0, 0.1) is 12.3 Å². The van der Waals surface area contributed by atoms with Crippen LogP contribution in [0.3, 0.4) is 0 Å². The molecule has 1 rings (SSSR count). The molecule has 0 N–H and O–H groups in total. The topological polar surface area (TPSA) is 0 Å². The van der Waals surface area contributed by atoms with Crippen LogP contribution < -0.4 is 0 Å². The Hall–Kier alpha value is -1.48. The third-order valence-corrected chi connectivity index (χ3v) is 1.93. The smallest absolute Gasteiger partial charge is 0.0245 e. The second kappa shape index (κ2) is 3.78. The molecular formula is C12H12. The van der Waals surface area contributed by atoms with Crippen molar-refractivity contribution >= 4 is 0 Å². The molecule has 0 bridgehead atoms. The summed E-state index contributed by atoms with van der Waals surface area (Å²) in [5, 5.41) is 0. The molecule has 0 amide bonds. The Labute approximate surface area is 73.9 Å². The van der Waals surface area contributed by atoms with Crippen LogP contribution >= 0.6 is 0 Å². The van der Waals surface area contributed by atoms with Gasteiger partial charge >= 0.3 is 0 Å². The fourth-order valence-electron chi connectivity index (χ4n) is 1.05. The largest absolute Gasteiger partial charge is 0.115 e. The maximum atomic E-state index is 5.28. The van der Waals surface area contributed by atoms with Gasteiger partial charge in [0.15, 0.2) is 0 Å². The second-order valence-electron chi connectivity index (χ2n) is 2.79. The van der Waals surface area contributed by atoms with E-state index < -0.39 is 0 Å². The first-order valence-corrected chi connectivity index (χ1v) is 3.97. The van der Waals surface area contributed by atoms with Crippen molar-refractivity contribution in [3.05, 3.63) is 48.0 Å². The van der Waals surface area contributed by atoms with Crippen molar-refractivity contribution in [2.24, 2.45) is 0 Å². The van der Waals surface area contributed by atoms with E-state index in [0.717, 1.165) is 5.56 Å². The molecule has 0 saturated carbocycles. The summed E-state index contributed by atoms with van der Waals surface area (Å²) < 4.78 is 0. The summed E-state index contributed by atoms with van der Waals surface area (Å²) in [7, 11) is 0. The van der Waals surface area contributed by atoms with E-state index in [9.17, 15) is 0 Å². The molecule has 0 heterocycles. The van der Waals surface area contributed by atoms with Gasteiger partial charge < -0.3 is 0 Å². The lowest BCUT2D eigenvalue weighted by molar-refractivity contribution is 0.970. The number of terminal acetylenes is 1. The van der Waals surface area contributed by atoms with Gasteiger partial charge in [-0.25, -0.2) is 0 Å². The maximum Gasteiger partial charge on any atom is 0.0245 e. The van der Waals surface area contributed by atoms with Crippen molar-refractivity contribution in [2.75, 3.05) is 0 Å². The van der Waals surface area contributed by atoms with Gasteiger partial charge in [0.1, 0.15) is 0 Å². The Bertz CT molecular complexity index is 315. The highest BCUT2D eigenvalue weighted by molar-refractivity contribution is 5.37. The third kappa shape index (κ3) is 1.77. The minimum absolute atomic E-state index is 0.373. The predicted octanol–water partition coefficient (Wildman–Crippen LogP) is 2.96. The van der Waals surface area contributed by atoms with Crippen LogP contribution in [0.25, 0.3) is 0 Å². The van der Waals surface area contributed by atoms with E-state index in [4.69, 9.17) is 6.42 Å². The molecule has 0 spiro atoms. The van der Waals surface area contributed by atoms with E-state index in [0.29, 0.717) is 5.92 Å². The van der Waals surface area contributed by atoms with Crippen molar-refractivity contribution < 1.29 is 0 Å². The molecule has 12 heavy (non-hydrogen) atoms. The molecule has 0 nitrogen and oxygen atoms in total. The van der Waals surface area contributed by atoms with Gasteiger partial charge in [-0.2, -0.15) is 0 Å². The molecule has 0 aliphatic heterocycles. The Morgan fingerprint density at radius 3 is 2.92 bits per heavy atom. The third-order valence-electron chi connectivity index (χ3n) is 1.93. The molecule has 0 aliphatic carbocycles. The lowest BCUT2D eigenvalue weighted by Gasteiger charge is -2.05. The molecular weight excluding hydrogens is 144 g/mol. The van der Waals surface area contributed by atoms with Crippen molar-refractivity contribution in [1.29, 1.82) is 0 Å². The van der Waals surface area contributed by atoms with Crippen molar-refractivity contribution in [3.8, 4) is 12.3 Å². The first kappa shape index (κ1) is 8.62. The Morgan fingerprint density at radius 2 is 2.33 bits per heavy atom. The number of benzene rings is 1. The van der Waals surface area contributed by atoms with Gasteiger partial charge in [-0.1, -0.05) is 31.1 Å². The fraction of sp³-hybridized carbons (Fsp3) is 0.167. The van der Waals surface area contributed by atoms with Gasteiger partial charge in [-0.05, 0) is 23.6 Å². The minimum Gasteiger partial charge on any atom is -0.115 e. The van der Waals surface area contributed by atoms with Crippen LogP contribution in [0.15, 0.2) is 36.9 Å². The van der Waals surface area contributed by atoms with Crippen molar-refractivity contribution in [3.63, 3.8) is 0 Å². The molecule has 0 radical (unpaired) electrons. The molecule has 0 aromatic heterocycles. The second-order valence-corrected chi connectivity index (χ2v) is 2.79. The summed E-state index contributed by atoms with van der Waals surface area (Å²) >= 11 is 0. The van der Waals surface area contributed by atoms with Crippen LogP contribution in [0.5, 0.6) is 0 Å². The molecule has 1 aromatic rings. The Kier molecular flexibility index (Phi) is 2.71. The fourth-order valence-corrected chi connectivity index (χ4v) is 1.05. The van der Waals surface area contributed by atoms with Crippen molar-refractivity contribution in [2.45, 2.75) is 12.8 Å². The number of allylic oxidation sites excluding steroid dienone is 1. The van der Waals surface area contributed by atoms with Crippen LogP contribution in [-0.2, 0) is 0 Å². The van der Waals surface area contributed by atoms with Crippen LogP contribution in [0.2, 0.25) is 0 Å². The van der Waals surface area contributed by atoms with Gasteiger partial charge in [0.05, 0.1) is 0 Å². The van der Waals surface area contributed by atoms with Crippen molar-refractivity contribution in [1.82, 2.24) is 0 Å². The molecule has 1 aromatic carbocycles. The number of rotatable bonds is 2. The zero-order valence-electron chi connectivity index (χ0n) is 7.25. The van der Waals surface area contributed by atoms with E-state index in [-0.39, 0.29) is 0 Å². The maximum absolute atomic E-state index is 5.28. The van der Waals surface area contributed by atoms with E-state index in [1.165, 1.54) is 5.56 Å². The summed E-state index contributed by atoms with van der Waals surface area (Å²) in [5.74, 6) is 2.99. The van der Waals surface area contributed by atoms with Gasteiger partial charge in [0.25, 0.3) is 0 Å². The lowest BCUT2D eigenvalue weighted by atomic mass is 10.00. The monoisotopic (exact) mass is 156 g/mol. The van der Waals surface area contributed by atoms with E-state index >= 15 is 0 Å². The van der Waals surface area contributed by atoms with Crippen LogP contribution in [0.1, 0.15) is 24.0 Å². The minimum atomic E-state index is 0.373. The highest BCUT2D eigenvalue weighted by Crippen LogP contribution is 2.16. The summed E-state index contributed by atoms with van der Waals surface area (Å²) in [4.78, 5) is 0. The van der Waals surface area contributed by atoms with E-state index in [2.05, 4.69) is 25.5 Å². The zero-order valence-corrected chi connectivity index (χ0v) is 7.25. The predicted molar refractivity (Wildman–Crippen MR) is 53.0 cm³/mol. The summed E-state index contributed by atoms with van der Waals surface area (Å²) in [6.07, 6.45) is 7.20. The van der Waals surface area contributed by atoms with Crippen LogP contribution in [-0.4, -0.2) is 0 Å². The highest BCUT2D eigenvalue weighted by Gasteiger charge is 1.99. The number of hydrogen-bond acceptors (Lipinski definition) is 0. The van der Waals surface area contributed by atoms with Gasteiger partial charge in [-0.3, -0.25) is 0 Å². The van der Waals surface area contributed by atoms with E-state index in [1.807, 2.05) is 24.3 Å². The molecule has 0 heteroatoms. The average Bonchev–Trinajstić information content (AvgIpc) is 2.17. The van der Waals surface area contributed by atoms with Crippen LogP contribution in [0.4, 0.5) is 0 Å². The molecule has 0 saturated heterocycles. The van der Waals surface area contributed by atoms with Gasteiger partial charge in [0, 0.05) is 5.56 Å². The first-order chi connectivity index (χ1) is 5.77. The number of hydrogen-bond donors (Lipinski definition) is 0. The normalized spacial score (nSPS) is 11.7. The van der Waals surface area contributed by atoms with E-state index in [1.54, 1.807) is 0 Å². The standard InChI is InChI=1S/C12H12/c1-4-10(3)12-8-6-7-11(5-2)9-12/h2,4,6-10H,1H2,3H3. The summed E-state index contributed by atoms with van der Waals surface area (Å²) in [6.45, 7) is 5.84. The summed E-state index contributed by atoms with van der Waals surface area (Å²) in [5.41, 5.74) is 2.15. The average molecular weight is 156 g/mol.